The minimum atomic E-state index is 0.240. The number of fused-ring (bicyclic) bond motifs is 2. The summed E-state index contributed by atoms with van der Waals surface area (Å²) in [7, 11) is 0. The predicted molar refractivity (Wildman–Crippen MR) is 75.1 cm³/mol. The standard InChI is InChI=1S/C16H27NO2/c1-4-19-15-10-14(16(15,2)3)17-11-6-5-7-12(17)9-13(18)8-11/h11-12,14-15H,4-10H2,1-3H3. The fourth-order valence-electron chi connectivity index (χ4n) is 4.57. The first kappa shape index (κ1) is 13.6. The van der Waals surface area contributed by atoms with Crippen LogP contribution in [-0.2, 0) is 9.53 Å². The molecule has 4 unspecified atom stereocenters. The van der Waals surface area contributed by atoms with Crippen LogP contribution in [0.2, 0.25) is 0 Å². The Kier molecular flexibility index (Phi) is 3.46. The average Bonchev–Trinajstić information content (AvgIpc) is 2.34. The van der Waals surface area contributed by atoms with Gasteiger partial charge in [0.25, 0.3) is 0 Å². The Hall–Kier alpha value is -0.410. The van der Waals surface area contributed by atoms with Gasteiger partial charge in [-0.05, 0) is 26.2 Å². The van der Waals surface area contributed by atoms with Crippen molar-refractivity contribution >= 4 is 5.78 Å². The van der Waals surface area contributed by atoms with Gasteiger partial charge in [0.1, 0.15) is 5.78 Å². The van der Waals surface area contributed by atoms with E-state index in [9.17, 15) is 4.79 Å². The number of ketones is 1. The molecule has 3 fully saturated rings. The maximum Gasteiger partial charge on any atom is 0.136 e. The van der Waals surface area contributed by atoms with Crippen molar-refractivity contribution in [2.45, 2.75) is 83.5 Å². The van der Waals surface area contributed by atoms with Crippen molar-refractivity contribution in [1.82, 2.24) is 4.90 Å². The minimum absolute atomic E-state index is 0.240. The molecule has 0 amide bonds. The minimum Gasteiger partial charge on any atom is -0.378 e. The summed E-state index contributed by atoms with van der Waals surface area (Å²) in [5.74, 6) is 0.490. The lowest BCUT2D eigenvalue weighted by Crippen LogP contribution is -2.68. The van der Waals surface area contributed by atoms with Crippen LogP contribution in [0.25, 0.3) is 0 Å². The molecule has 1 saturated carbocycles. The molecule has 2 aliphatic heterocycles. The summed E-state index contributed by atoms with van der Waals surface area (Å²) < 4.78 is 5.86. The van der Waals surface area contributed by atoms with Gasteiger partial charge in [0.2, 0.25) is 0 Å². The molecule has 2 saturated heterocycles. The van der Waals surface area contributed by atoms with Gasteiger partial charge in [-0.3, -0.25) is 9.69 Å². The summed E-state index contributed by atoms with van der Waals surface area (Å²) >= 11 is 0. The second-order valence-electron chi connectivity index (χ2n) is 7.15. The zero-order valence-corrected chi connectivity index (χ0v) is 12.5. The monoisotopic (exact) mass is 265 g/mol. The van der Waals surface area contributed by atoms with Crippen LogP contribution >= 0.6 is 0 Å². The molecule has 3 rings (SSSR count). The molecule has 3 aliphatic rings. The van der Waals surface area contributed by atoms with E-state index in [-0.39, 0.29) is 5.41 Å². The van der Waals surface area contributed by atoms with Crippen LogP contribution in [0.15, 0.2) is 0 Å². The molecule has 4 atom stereocenters. The van der Waals surface area contributed by atoms with Gasteiger partial charge in [0.15, 0.2) is 0 Å². The Morgan fingerprint density at radius 3 is 2.42 bits per heavy atom. The van der Waals surface area contributed by atoms with Crippen molar-refractivity contribution in [1.29, 1.82) is 0 Å². The van der Waals surface area contributed by atoms with Crippen molar-refractivity contribution in [2.24, 2.45) is 5.41 Å². The summed E-state index contributed by atoms with van der Waals surface area (Å²) in [6, 6.07) is 1.66. The van der Waals surface area contributed by atoms with E-state index in [4.69, 9.17) is 4.74 Å². The summed E-state index contributed by atoms with van der Waals surface area (Å²) in [6.45, 7) is 7.57. The van der Waals surface area contributed by atoms with Gasteiger partial charge in [-0.1, -0.05) is 20.3 Å². The Morgan fingerprint density at radius 1 is 1.26 bits per heavy atom. The largest absolute Gasteiger partial charge is 0.378 e. The van der Waals surface area contributed by atoms with Crippen LogP contribution in [0.3, 0.4) is 0 Å². The molecule has 0 N–H and O–H groups in total. The first-order chi connectivity index (χ1) is 9.04. The van der Waals surface area contributed by atoms with E-state index in [1.165, 1.54) is 19.3 Å². The summed E-state index contributed by atoms with van der Waals surface area (Å²) in [4.78, 5) is 14.5. The number of hydrogen-bond acceptors (Lipinski definition) is 3. The van der Waals surface area contributed by atoms with Crippen molar-refractivity contribution in [2.75, 3.05) is 6.61 Å². The SMILES string of the molecule is CCOC1CC(N2C3CCCC2CC(=O)C3)C1(C)C. The van der Waals surface area contributed by atoms with Crippen LogP contribution in [-0.4, -0.2) is 41.5 Å². The number of ether oxygens (including phenoxy) is 1. The lowest BCUT2D eigenvalue weighted by Gasteiger charge is -2.61. The zero-order chi connectivity index (χ0) is 13.6. The molecule has 0 aromatic carbocycles. The Morgan fingerprint density at radius 2 is 1.89 bits per heavy atom. The molecule has 2 heterocycles. The Labute approximate surface area is 116 Å². The highest BCUT2D eigenvalue weighted by Gasteiger charge is 2.55. The molecule has 1 aliphatic carbocycles. The van der Waals surface area contributed by atoms with E-state index < -0.39 is 0 Å². The summed E-state index contributed by atoms with van der Waals surface area (Å²) in [6.07, 6.45) is 6.89. The highest BCUT2D eigenvalue weighted by Crippen LogP contribution is 2.50. The molecule has 0 aromatic rings. The first-order valence-corrected chi connectivity index (χ1v) is 7.94. The number of carbonyl (C=O) groups excluding carboxylic acids is 1. The summed E-state index contributed by atoms with van der Waals surface area (Å²) in [5.41, 5.74) is 0.240. The van der Waals surface area contributed by atoms with Gasteiger partial charge in [0.05, 0.1) is 6.10 Å². The molecule has 0 spiro atoms. The van der Waals surface area contributed by atoms with Gasteiger partial charge in [-0.15, -0.1) is 0 Å². The Bertz CT molecular complexity index is 350. The van der Waals surface area contributed by atoms with Crippen molar-refractivity contribution in [3.63, 3.8) is 0 Å². The van der Waals surface area contributed by atoms with E-state index >= 15 is 0 Å². The van der Waals surface area contributed by atoms with Gasteiger partial charge >= 0.3 is 0 Å². The zero-order valence-electron chi connectivity index (χ0n) is 12.5. The number of hydrogen-bond donors (Lipinski definition) is 0. The third kappa shape index (κ3) is 2.15. The first-order valence-electron chi connectivity index (χ1n) is 7.94. The van der Waals surface area contributed by atoms with E-state index in [0.29, 0.717) is 30.0 Å². The normalized spacial score (nSPS) is 41.9. The maximum atomic E-state index is 11.8. The van der Waals surface area contributed by atoms with Crippen molar-refractivity contribution < 1.29 is 9.53 Å². The van der Waals surface area contributed by atoms with E-state index in [1.54, 1.807) is 0 Å². The van der Waals surface area contributed by atoms with Crippen molar-refractivity contribution in [3.8, 4) is 0 Å². The van der Waals surface area contributed by atoms with Crippen LogP contribution in [0.4, 0.5) is 0 Å². The van der Waals surface area contributed by atoms with Gasteiger partial charge < -0.3 is 4.74 Å². The van der Waals surface area contributed by atoms with E-state index in [0.717, 1.165) is 25.9 Å². The second kappa shape index (κ2) is 4.85. The lowest BCUT2D eigenvalue weighted by molar-refractivity contribution is -0.181. The lowest BCUT2D eigenvalue weighted by atomic mass is 9.62. The van der Waals surface area contributed by atoms with Crippen molar-refractivity contribution in [3.05, 3.63) is 0 Å². The fraction of sp³-hybridized carbons (Fsp3) is 0.938. The average molecular weight is 265 g/mol. The number of Topliss-reactive ketones (excluding diaryl/α,β-unsaturated/α-hetero) is 1. The molecule has 3 nitrogen and oxygen atoms in total. The van der Waals surface area contributed by atoms with E-state index in [2.05, 4.69) is 25.7 Å². The third-order valence-electron chi connectivity index (χ3n) is 5.70. The quantitative estimate of drug-likeness (QED) is 0.786. The molecule has 108 valence electrons. The van der Waals surface area contributed by atoms with Crippen LogP contribution in [0.1, 0.15) is 59.3 Å². The maximum absolute atomic E-state index is 11.8. The predicted octanol–water partition coefficient (Wildman–Crippen LogP) is 2.78. The smallest absolute Gasteiger partial charge is 0.136 e. The number of nitrogens with zero attached hydrogens (tertiary/aromatic N) is 1. The highest BCUT2D eigenvalue weighted by atomic mass is 16.5. The van der Waals surface area contributed by atoms with E-state index in [1.807, 2.05) is 0 Å². The topological polar surface area (TPSA) is 29.5 Å². The third-order valence-corrected chi connectivity index (χ3v) is 5.70. The molecule has 2 bridgehead atoms. The van der Waals surface area contributed by atoms with Gasteiger partial charge in [-0.2, -0.15) is 0 Å². The van der Waals surface area contributed by atoms with Gasteiger partial charge in [-0.25, -0.2) is 0 Å². The second-order valence-corrected chi connectivity index (χ2v) is 7.15. The molecular weight excluding hydrogens is 238 g/mol. The van der Waals surface area contributed by atoms with Crippen LogP contribution < -0.4 is 0 Å². The van der Waals surface area contributed by atoms with Crippen LogP contribution in [0, 0.1) is 5.41 Å². The van der Waals surface area contributed by atoms with Crippen LogP contribution in [0.5, 0.6) is 0 Å². The number of carbonyl (C=O) groups is 1. The molecule has 0 aromatic heterocycles. The fourth-order valence-corrected chi connectivity index (χ4v) is 4.57. The molecule has 0 radical (unpaired) electrons. The number of rotatable bonds is 3. The molecule has 19 heavy (non-hydrogen) atoms. The highest BCUT2D eigenvalue weighted by molar-refractivity contribution is 5.80. The molecular formula is C16H27NO2. The Balaban J connectivity index is 1.74. The molecule has 3 heteroatoms. The summed E-state index contributed by atoms with van der Waals surface area (Å²) in [5, 5.41) is 0. The van der Waals surface area contributed by atoms with Gasteiger partial charge in [0, 0.05) is 43.0 Å². The number of piperidine rings is 2.